The Hall–Kier alpha value is -0.484. The molecule has 0 aliphatic heterocycles. The van der Waals surface area contributed by atoms with E-state index in [0.717, 1.165) is 6.07 Å². The number of benzene rings is 2. The second-order valence-corrected chi connectivity index (χ2v) is 4.90. The van der Waals surface area contributed by atoms with Gasteiger partial charge in [0, 0.05) is 5.39 Å². The standard InChI is InChI=1S/C11H8O6S.K/c12-9-8(11(13)14)5-6-3-1-2-4-7(6)10(9)18(15,16)17;/h1-5,12H,(H,13,14)(H,15,16,17);/q;+1/p-1. The maximum atomic E-state index is 11.1. The molecular formula is C11H7KO6S. The Balaban J connectivity index is 0.00000180. The van der Waals surface area contributed by atoms with E-state index in [0.29, 0.717) is 0 Å². The van der Waals surface area contributed by atoms with Crippen molar-refractivity contribution in [1.29, 1.82) is 0 Å². The van der Waals surface area contributed by atoms with E-state index in [1.807, 2.05) is 0 Å². The van der Waals surface area contributed by atoms with Gasteiger partial charge in [0.05, 0.1) is 0 Å². The fourth-order valence-electron chi connectivity index (χ4n) is 1.72. The first kappa shape index (κ1) is 16.6. The summed E-state index contributed by atoms with van der Waals surface area (Å²) < 4.78 is 33.4. The normalized spacial score (nSPS) is 11.0. The number of aromatic hydroxyl groups is 1. The average molecular weight is 306 g/mol. The smallest absolute Gasteiger partial charge is 0.744 e. The Labute approximate surface area is 151 Å². The Morgan fingerprint density at radius 3 is 2.32 bits per heavy atom. The van der Waals surface area contributed by atoms with Gasteiger partial charge in [-0.1, -0.05) is 24.3 Å². The summed E-state index contributed by atoms with van der Waals surface area (Å²) in [6.45, 7) is 0. The number of carboxylic acid groups (broad SMARTS) is 1. The number of hydrogen-bond donors (Lipinski definition) is 2. The number of phenols is 1. The molecule has 0 unspecified atom stereocenters. The van der Waals surface area contributed by atoms with E-state index >= 15 is 0 Å². The molecule has 94 valence electrons. The van der Waals surface area contributed by atoms with Gasteiger partial charge in [0.25, 0.3) is 0 Å². The third kappa shape index (κ3) is 3.16. The van der Waals surface area contributed by atoms with Gasteiger partial charge in [0.2, 0.25) is 0 Å². The van der Waals surface area contributed by atoms with Crippen LogP contribution in [0.3, 0.4) is 0 Å². The number of carbonyl (C=O) groups is 1. The summed E-state index contributed by atoms with van der Waals surface area (Å²) in [7, 11) is -4.98. The van der Waals surface area contributed by atoms with Gasteiger partial charge in [-0.15, -0.1) is 0 Å². The van der Waals surface area contributed by atoms with Gasteiger partial charge in [-0.3, -0.25) is 0 Å². The summed E-state index contributed by atoms with van der Waals surface area (Å²) in [4.78, 5) is 9.98. The molecule has 0 aliphatic carbocycles. The first-order chi connectivity index (χ1) is 8.32. The number of carboxylic acids is 1. The van der Waals surface area contributed by atoms with Crippen LogP contribution in [-0.2, 0) is 10.1 Å². The van der Waals surface area contributed by atoms with Crippen molar-refractivity contribution in [2.45, 2.75) is 4.90 Å². The maximum Gasteiger partial charge on any atom is 1.00 e. The molecule has 8 heteroatoms. The molecule has 0 spiro atoms. The van der Waals surface area contributed by atoms with Crippen LogP contribution in [0.1, 0.15) is 10.4 Å². The van der Waals surface area contributed by atoms with E-state index in [2.05, 4.69) is 0 Å². The zero-order chi connectivity index (χ0) is 13.5. The largest absolute Gasteiger partial charge is 1.00 e. The molecule has 2 aromatic rings. The molecule has 2 N–H and O–H groups in total. The molecule has 0 atom stereocenters. The maximum absolute atomic E-state index is 11.1. The molecule has 6 nitrogen and oxygen atoms in total. The Morgan fingerprint density at radius 2 is 1.79 bits per heavy atom. The van der Waals surface area contributed by atoms with Crippen LogP contribution in [0.4, 0.5) is 0 Å². The van der Waals surface area contributed by atoms with Crippen molar-refractivity contribution in [1.82, 2.24) is 0 Å². The second-order valence-electron chi connectivity index (χ2n) is 3.58. The van der Waals surface area contributed by atoms with E-state index < -0.39 is 32.3 Å². The van der Waals surface area contributed by atoms with Gasteiger partial charge < -0.3 is 14.8 Å². The molecule has 0 aliphatic rings. The predicted molar refractivity (Wildman–Crippen MR) is 60.5 cm³/mol. The van der Waals surface area contributed by atoms with Gasteiger partial charge in [-0.2, -0.15) is 0 Å². The van der Waals surface area contributed by atoms with Crippen LogP contribution < -0.4 is 51.4 Å². The summed E-state index contributed by atoms with van der Waals surface area (Å²) in [5.41, 5.74) is -0.622. The van der Waals surface area contributed by atoms with Gasteiger partial charge in [-0.25, -0.2) is 13.2 Å². The van der Waals surface area contributed by atoms with Gasteiger partial charge >= 0.3 is 57.4 Å². The molecule has 0 saturated heterocycles. The molecule has 2 rings (SSSR count). The van der Waals surface area contributed by atoms with E-state index in [4.69, 9.17) is 5.11 Å². The number of hydrogen-bond acceptors (Lipinski definition) is 5. The molecule has 0 aromatic heterocycles. The molecule has 2 aromatic carbocycles. The van der Waals surface area contributed by atoms with Gasteiger partial charge in [0.1, 0.15) is 26.3 Å². The predicted octanol–water partition coefficient (Wildman–Crippen LogP) is -1.85. The second kappa shape index (κ2) is 5.88. The van der Waals surface area contributed by atoms with Crippen LogP contribution in [0.25, 0.3) is 10.8 Å². The van der Waals surface area contributed by atoms with Crippen molar-refractivity contribution in [3.63, 3.8) is 0 Å². The molecule has 0 saturated carbocycles. The van der Waals surface area contributed by atoms with Crippen LogP contribution in [0, 0.1) is 0 Å². The monoisotopic (exact) mass is 306 g/mol. The topological polar surface area (TPSA) is 115 Å². The van der Waals surface area contributed by atoms with Crippen molar-refractivity contribution in [2.24, 2.45) is 0 Å². The first-order valence-electron chi connectivity index (χ1n) is 4.76. The van der Waals surface area contributed by atoms with Crippen molar-refractivity contribution in [3.05, 3.63) is 35.9 Å². The zero-order valence-corrected chi connectivity index (χ0v) is 13.8. The third-order valence-corrected chi connectivity index (χ3v) is 3.37. The van der Waals surface area contributed by atoms with Crippen LogP contribution in [0.5, 0.6) is 5.75 Å². The van der Waals surface area contributed by atoms with Crippen LogP contribution >= 0.6 is 0 Å². The first-order valence-corrected chi connectivity index (χ1v) is 6.17. The molecular weight excluding hydrogens is 299 g/mol. The summed E-state index contributed by atoms with van der Waals surface area (Å²) in [5, 5.41) is 18.7. The van der Waals surface area contributed by atoms with Gasteiger partial charge in [-0.05, 0) is 11.5 Å². The van der Waals surface area contributed by atoms with E-state index in [9.17, 15) is 22.9 Å². The van der Waals surface area contributed by atoms with E-state index in [1.165, 1.54) is 18.2 Å². The molecule has 0 bridgehead atoms. The minimum Gasteiger partial charge on any atom is -0.744 e. The molecule has 0 amide bonds. The number of fused-ring (bicyclic) bond motifs is 1. The SMILES string of the molecule is O=C(O)c1cc2ccccc2c(S(=O)(=O)[O-])c1O.[K+]. The van der Waals surface area contributed by atoms with Crippen LogP contribution in [-0.4, -0.2) is 29.2 Å². The van der Waals surface area contributed by atoms with Crippen molar-refractivity contribution in [3.8, 4) is 5.75 Å². The molecule has 0 radical (unpaired) electrons. The van der Waals surface area contributed by atoms with Gasteiger partial charge in [0.15, 0.2) is 0 Å². The van der Waals surface area contributed by atoms with Crippen molar-refractivity contribution in [2.75, 3.05) is 0 Å². The van der Waals surface area contributed by atoms with E-state index in [1.54, 1.807) is 6.07 Å². The van der Waals surface area contributed by atoms with Crippen LogP contribution in [0.2, 0.25) is 0 Å². The minimum absolute atomic E-state index is 0. The quantitative estimate of drug-likeness (QED) is 0.497. The molecule has 0 fully saturated rings. The van der Waals surface area contributed by atoms with Crippen molar-refractivity contribution >= 4 is 26.9 Å². The summed E-state index contributed by atoms with van der Waals surface area (Å²) in [5.74, 6) is -2.54. The van der Waals surface area contributed by atoms with Crippen molar-refractivity contribution < 1.29 is 79.4 Å². The number of aromatic carboxylic acids is 1. The third-order valence-electron chi connectivity index (χ3n) is 2.46. The average Bonchev–Trinajstić information content (AvgIpc) is 2.25. The Kier molecular flexibility index (Phi) is 5.12. The minimum atomic E-state index is -4.98. The van der Waals surface area contributed by atoms with E-state index in [-0.39, 0.29) is 62.2 Å². The fourth-order valence-corrected chi connectivity index (χ4v) is 2.52. The Bertz CT molecular complexity index is 753. The summed E-state index contributed by atoms with van der Waals surface area (Å²) >= 11 is 0. The molecule has 0 heterocycles. The number of rotatable bonds is 2. The van der Waals surface area contributed by atoms with Crippen LogP contribution in [0.15, 0.2) is 35.2 Å². The molecule has 19 heavy (non-hydrogen) atoms. The summed E-state index contributed by atoms with van der Waals surface area (Å²) in [6.07, 6.45) is 0. The zero-order valence-electron chi connectivity index (χ0n) is 9.82. The Morgan fingerprint density at radius 1 is 1.21 bits per heavy atom. The fraction of sp³-hybridized carbons (Fsp3) is 0. The summed E-state index contributed by atoms with van der Waals surface area (Å²) in [6, 6.07) is 6.94.